The van der Waals surface area contributed by atoms with Crippen molar-refractivity contribution in [1.82, 2.24) is 0 Å². The van der Waals surface area contributed by atoms with Gasteiger partial charge in [-0.3, -0.25) is 0 Å². The molecule has 0 aromatic heterocycles. The van der Waals surface area contributed by atoms with Crippen LogP contribution in [0.4, 0.5) is 13.2 Å². The van der Waals surface area contributed by atoms with Crippen LogP contribution in [0.5, 0.6) is 0 Å². The number of benzene rings is 1. The smallest absolute Gasteiger partial charge is 0.746 e. The van der Waals surface area contributed by atoms with Crippen molar-refractivity contribution in [3.05, 3.63) is 35.1 Å². The molecule has 0 heterocycles. The van der Waals surface area contributed by atoms with Gasteiger partial charge in [-0.25, -0.2) is 21.6 Å². The van der Waals surface area contributed by atoms with Crippen molar-refractivity contribution in [2.45, 2.75) is 5.44 Å². The summed E-state index contributed by atoms with van der Waals surface area (Å²) in [5.74, 6) is -5.19. The molecule has 1 aromatic carbocycles. The first-order chi connectivity index (χ1) is 6.73. The van der Waals surface area contributed by atoms with E-state index in [9.17, 15) is 26.1 Å². The molecular weight excluding hydrogens is 260 g/mol. The molecule has 0 bridgehead atoms. The maximum absolute atomic E-state index is 12.6. The second-order valence-electron chi connectivity index (χ2n) is 2.64. The number of aliphatic hydroxyl groups is 1. The molecule has 1 N–H and O–H groups in total. The molecule has 0 aliphatic carbocycles. The van der Waals surface area contributed by atoms with Gasteiger partial charge in [-0.05, 0) is 12.1 Å². The molecule has 1 unspecified atom stereocenters. The van der Waals surface area contributed by atoms with E-state index < -0.39 is 38.6 Å². The normalized spacial score (nSPS) is 13.1. The van der Waals surface area contributed by atoms with E-state index in [2.05, 4.69) is 0 Å². The molecular formula is C7H4F3NaO4S. The van der Waals surface area contributed by atoms with E-state index in [4.69, 9.17) is 5.11 Å². The van der Waals surface area contributed by atoms with Gasteiger partial charge in [0.05, 0.1) is 0 Å². The van der Waals surface area contributed by atoms with Gasteiger partial charge in [-0.2, -0.15) is 0 Å². The molecule has 4 nitrogen and oxygen atoms in total. The minimum atomic E-state index is -5.15. The number of rotatable bonds is 2. The van der Waals surface area contributed by atoms with Crippen LogP contribution in [0.3, 0.4) is 0 Å². The minimum absolute atomic E-state index is 0. The molecule has 0 aliphatic rings. The third kappa shape index (κ3) is 3.44. The molecule has 0 aliphatic heterocycles. The van der Waals surface area contributed by atoms with Gasteiger partial charge in [0.2, 0.25) is 0 Å². The Balaban J connectivity index is 0.00000225. The van der Waals surface area contributed by atoms with E-state index in [0.717, 1.165) is 0 Å². The van der Waals surface area contributed by atoms with Gasteiger partial charge in [0.1, 0.15) is 10.1 Å². The van der Waals surface area contributed by atoms with Gasteiger partial charge in [0.25, 0.3) is 0 Å². The second-order valence-corrected chi connectivity index (χ2v) is 4.08. The third-order valence-corrected chi connectivity index (χ3v) is 2.38. The van der Waals surface area contributed by atoms with Crippen LogP contribution >= 0.6 is 0 Å². The van der Waals surface area contributed by atoms with Crippen LogP contribution in [0, 0.1) is 17.5 Å². The number of hydrogen-bond acceptors (Lipinski definition) is 4. The van der Waals surface area contributed by atoms with E-state index in [1.165, 1.54) is 0 Å². The number of aliphatic hydroxyl groups excluding tert-OH is 1. The van der Waals surface area contributed by atoms with E-state index in [-0.39, 0.29) is 41.7 Å². The van der Waals surface area contributed by atoms with E-state index in [0.29, 0.717) is 0 Å². The fourth-order valence-corrected chi connectivity index (χ4v) is 1.35. The molecule has 84 valence electrons. The number of hydrogen-bond donors (Lipinski definition) is 1. The summed E-state index contributed by atoms with van der Waals surface area (Å²) in [6, 6.07) is 0.469. The average Bonchev–Trinajstić information content (AvgIpc) is 2.10. The maximum Gasteiger partial charge on any atom is 1.00 e. The van der Waals surface area contributed by atoms with Gasteiger partial charge in [0, 0.05) is 5.56 Å². The summed E-state index contributed by atoms with van der Waals surface area (Å²) in [6.07, 6.45) is 0. The van der Waals surface area contributed by atoms with E-state index in [1.807, 2.05) is 0 Å². The minimum Gasteiger partial charge on any atom is -0.746 e. The molecule has 0 radical (unpaired) electrons. The monoisotopic (exact) mass is 264 g/mol. The zero-order valence-electron chi connectivity index (χ0n) is 7.95. The Kier molecular flexibility index (Phi) is 5.44. The zero-order chi connectivity index (χ0) is 11.8. The van der Waals surface area contributed by atoms with Gasteiger partial charge in [-0.15, -0.1) is 0 Å². The summed E-state index contributed by atoms with van der Waals surface area (Å²) in [5, 5.41) is 8.84. The van der Waals surface area contributed by atoms with Gasteiger partial charge < -0.3 is 9.66 Å². The Labute approximate surface area is 111 Å². The molecule has 1 atom stereocenters. The van der Waals surface area contributed by atoms with Crippen LogP contribution in [-0.2, 0) is 10.1 Å². The molecule has 16 heavy (non-hydrogen) atoms. The molecule has 0 saturated heterocycles. The van der Waals surface area contributed by atoms with Crippen molar-refractivity contribution in [2.75, 3.05) is 0 Å². The SMILES string of the molecule is O=S(=O)([O-])C(O)c1cc(F)c(F)c(F)c1.[Na+]. The van der Waals surface area contributed by atoms with Gasteiger partial charge >= 0.3 is 29.6 Å². The summed E-state index contributed by atoms with van der Waals surface area (Å²) < 4.78 is 68.4. The van der Waals surface area contributed by atoms with Crippen molar-refractivity contribution in [1.29, 1.82) is 0 Å². The Morgan fingerprint density at radius 3 is 1.88 bits per heavy atom. The third-order valence-electron chi connectivity index (χ3n) is 1.56. The van der Waals surface area contributed by atoms with Crippen LogP contribution < -0.4 is 29.6 Å². The van der Waals surface area contributed by atoms with E-state index >= 15 is 0 Å². The summed E-state index contributed by atoms with van der Waals surface area (Å²) >= 11 is 0. The number of halogens is 3. The van der Waals surface area contributed by atoms with Crippen LogP contribution in [0.2, 0.25) is 0 Å². The van der Waals surface area contributed by atoms with Crippen molar-refractivity contribution in [2.24, 2.45) is 0 Å². The summed E-state index contributed by atoms with van der Waals surface area (Å²) in [6.45, 7) is 0. The summed E-state index contributed by atoms with van der Waals surface area (Å²) in [5.41, 5.74) is -3.48. The molecule has 0 fully saturated rings. The summed E-state index contributed by atoms with van der Waals surface area (Å²) in [7, 11) is -5.15. The first-order valence-electron chi connectivity index (χ1n) is 3.50. The molecule has 0 saturated carbocycles. The van der Waals surface area contributed by atoms with Crippen molar-refractivity contribution >= 4 is 10.1 Å². The van der Waals surface area contributed by atoms with Crippen LogP contribution in [0.15, 0.2) is 12.1 Å². The largest absolute Gasteiger partial charge is 1.00 e. The first-order valence-corrected chi connectivity index (χ1v) is 4.98. The Morgan fingerprint density at radius 1 is 1.19 bits per heavy atom. The Hall–Kier alpha value is -0.120. The van der Waals surface area contributed by atoms with Crippen LogP contribution in [-0.4, -0.2) is 18.1 Å². The van der Waals surface area contributed by atoms with E-state index in [1.54, 1.807) is 0 Å². The Bertz CT molecular complexity index is 467. The second kappa shape index (κ2) is 5.48. The van der Waals surface area contributed by atoms with Gasteiger partial charge in [0.15, 0.2) is 22.9 Å². The maximum atomic E-state index is 12.6. The van der Waals surface area contributed by atoms with Crippen molar-refractivity contribution < 1.29 is 60.8 Å². The van der Waals surface area contributed by atoms with Crippen LogP contribution in [0.25, 0.3) is 0 Å². The fourth-order valence-electron chi connectivity index (χ4n) is 0.884. The fraction of sp³-hybridized carbons (Fsp3) is 0.143. The molecule has 9 heteroatoms. The molecule has 1 aromatic rings. The Morgan fingerprint density at radius 2 is 1.56 bits per heavy atom. The standard InChI is InChI=1S/C7H5F3O4S.Na/c8-4-1-3(2-5(9)6(4)10)7(11)15(12,13)14;/h1-2,7,11H,(H,12,13,14);/q;+1/p-1. The summed E-state index contributed by atoms with van der Waals surface area (Å²) in [4.78, 5) is 0. The molecule has 0 spiro atoms. The van der Waals surface area contributed by atoms with Gasteiger partial charge in [-0.1, -0.05) is 0 Å². The predicted molar refractivity (Wildman–Crippen MR) is 41.0 cm³/mol. The first kappa shape index (κ1) is 15.9. The van der Waals surface area contributed by atoms with Crippen molar-refractivity contribution in [3.63, 3.8) is 0 Å². The van der Waals surface area contributed by atoms with Crippen LogP contribution in [0.1, 0.15) is 11.0 Å². The predicted octanol–water partition coefficient (Wildman–Crippen LogP) is -2.36. The zero-order valence-corrected chi connectivity index (χ0v) is 10.8. The molecule has 1 rings (SSSR count). The molecule has 0 amide bonds. The quantitative estimate of drug-likeness (QED) is 0.368. The average molecular weight is 264 g/mol. The topological polar surface area (TPSA) is 77.4 Å². The van der Waals surface area contributed by atoms with Crippen molar-refractivity contribution in [3.8, 4) is 0 Å².